The normalized spacial score (nSPS) is 11.5. The first-order chi connectivity index (χ1) is 25.8. The van der Waals surface area contributed by atoms with Crippen molar-refractivity contribution in [3.63, 3.8) is 0 Å². The first-order valence-corrected chi connectivity index (χ1v) is 18.3. The van der Waals surface area contributed by atoms with Crippen LogP contribution in [0.1, 0.15) is 0 Å². The van der Waals surface area contributed by atoms with E-state index in [2.05, 4.69) is 192 Å². The lowest BCUT2D eigenvalue weighted by Gasteiger charge is -2.27. The lowest BCUT2D eigenvalue weighted by atomic mass is 10.0. The van der Waals surface area contributed by atoms with E-state index in [1.165, 1.54) is 31.3 Å². The summed E-state index contributed by atoms with van der Waals surface area (Å²) in [6.07, 6.45) is 0. The van der Waals surface area contributed by atoms with Gasteiger partial charge >= 0.3 is 0 Å². The van der Waals surface area contributed by atoms with Crippen molar-refractivity contribution < 1.29 is 4.42 Å². The zero-order valence-electron chi connectivity index (χ0n) is 28.2. The van der Waals surface area contributed by atoms with E-state index in [1.807, 2.05) is 23.5 Å². The van der Waals surface area contributed by atoms with Crippen LogP contribution in [0, 0.1) is 0 Å². The van der Waals surface area contributed by atoms with Crippen LogP contribution in [0.3, 0.4) is 0 Å². The summed E-state index contributed by atoms with van der Waals surface area (Å²) in [6.45, 7) is 0. The fraction of sp³-hybridized carbons (Fsp3) is 0. The monoisotopic (exact) mass is 684 g/mol. The Morgan fingerprint density at radius 2 is 0.904 bits per heavy atom. The topological polar surface area (TPSA) is 19.6 Å². The third kappa shape index (κ3) is 5.12. The largest absolute Gasteiger partial charge is 0.456 e. The first-order valence-electron chi connectivity index (χ1n) is 17.5. The molecule has 0 saturated heterocycles. The van der Waals surface area contributed by atoms with E-state index >= 15 is 0 Å². The summed E-state index contributed by atoms with van der Waals surface area (Å²) in [4.78, 5) is 4.75. The number of para-hydroxylation sites is 3. The zero-order valence-corrected chi connectivity index (χ0v) is 29.0. The molecule has 0 spiro atoms. The minimum atomic E-state index is 0.876. The number of fused-ring (bicyclic) bond motifs is 6. The van der Waals surface area contributed by atoms with Gasteiger partial charge in [-0.1, -0.05) is 115 Å². The van der Waals surface area contributed by atoms with Gasteiger partial charge in [0.2, 0.25) is 0 Å². The number of hydrogen-bond donors (Lipinski definition) is 0. The molecule has 0 aliphatic rings. The van der Waals surface area contributed by atoms with Crippen LogP contribution in [0.25, 0.3) is 53.2 Å². The summed E-state index contributed by atoms with van der Waals surface area (Å²) in [5.41, 5.74) is 10.8. The SMILES string of the molecule is c1ccc(-c2ccc(N(c3ccccc3)c3cccc4c3sc3cccc(N(c5ccccc5)c5ccc6c(c5)oc5ccccc56)c34)cc2)cc1. The van der Waals surface area contributed by atoms with Gasteiger partial charge in [0.05, 0.1) is 16.1 Å². The summed E-state index contributed by atoms with van der Waals surface area (Å²) >= 11 is 1.85. The van der Waals surface area contributed by atoms with Gasteiger partial charge in [0.1, 0.15) is 11.2 Å². The molecule has 0 bridgehead atoms. The Morgan fingerprint density at radius 1 is 0.365 bits per heavy atom. The van der Waals surface area contributed by atoms with Gasteiger partial charge in [-0.3, -0.25) is 0 Å². The highest BCUT2D eigenvalue weighted by atomic mass is 32.1. The Bertz CT molecular complexity index is 2840. The summed E-state index contributed by atoms with van der Waals surface area (Å²) in [7, 11) is 0. The van der Waals surface area contributed by atoms with Crippen molar-refractivity contribution >= 4 is 87.6 Å². The van der Waals surface area contributed by atoms with Crippen molar-refractivity contribution in [1.29, 1.82) is 0 Å². The molecule has 3 nitrogen and oxygen atoms in total. The highest BCUT2D eigenvalue weighted by Crippen LogP contribution is 2.49. The first kappa shape index (κ1) is 30.2. The van der Waals surface area contributed by atoms with Crippen LogP contribution in [0.5, 0.6) is 0 Å². The zero-order chi connectivity index (χ0) is 34.4. The van der Waals surface area contributed by atoms with Gasteiger partial charge in [-0.15, -0.1) is 11.3 Å². The molecule has 10 rings (SSSR count). The van der Waals surface area contributed by atoms with Crippen molar-refractivity contribution in [3.05, 3.63) is 194 Å². The van der Waals surface area contributed by atoms with E-state index in [4.69, 9.17) is 4.42 Å². The quantitative estimate of drug-likeness (QED) is 0.167. The van der Waals surface area contributed by atoms with E-state index in [1.54, 1.807) is 0 Å². The summed E-state index contributed by atoms with van der Waals surface area (Å²) < 4.78 is 8.86. The predicted octanol–water partition coefficient (Wildman–Crippen LogP) is 14.6. The van der Waals surface area contributed by atoms with Gasteiger partial charge < -0.3 is 14.2 Å². The summed E-state index contributed by atoms with van der Waals surface area (Å²) in [5.74, 6) is 0. The fourth-order valence-electron chi connectivity index (χ4n) is 7.47. The molecule has 2 aromatic heterocycles. The molecule has 0 aliphatic heterocycles. The average molecular weight is 685 g/mol. The van der Waals surface area contributed by atoms with Crippen molar-refractivity contribution in [1.82, 2.24) is 0 Å². The molecular weight excluding hydrogens is 653 g/mol. The molecule has 52 heavy (non-hydrogen) atoms. The number of furan rings is 1. The molecule has 0 N–H and O–H groups in total. The highest BCUT2D eigenvalue weighted by molar-refractivity contribution is 7.26. The number of thiophene rings is 1. The van der Waals surface area contributed by atoms with Crippen LogP contribution in [0.2, 0.25) is 0 Å². The molecule has 246 valence electrons. The van der Waals surface area contributed by atoms with Crippen LogP contribution < -0.4 is 9.80 Å². The molecule has 0 fully saturated rings. The van der Waals surface area contributed by atoms with Gasteiger partial charge in [-0.2, -0.15) is 0 Å². The standard InChI is InChI=1S/C48H32N2OS/c1-4-14-33(15-5-1)34-26-28-37(29-27-34)49(35-16-6-2-7-17-35)43-23-12-21-41-47-42(22-13-25-46(47)52-48(41)43)50(36-18-8-3-9-19-36)38-30-31-40-39-20-10-11-24-44(39)51-45(40)32-38/h1-32H. The number of rotatable bonds is 7. The molecule has 0 aliphatic carbocycles. The number of nitrogens with zero attached hydrogens (tertiary/aromatic N) is 2. The van der Waals surface area contributed by atoms with Gasteiger partial charge in [-0.25, -0.2) is 0 Å². The molecule has 10 aromatic rings. The highest BCUT2D eigenvalue weighted by Gasteiger charge is 2.23. The van der Waals surface area contributed by atoms with E-state index in [9.17, 15) is 0 Å². The smallest absolute Gasteiger partial charge is 0.137 e. The fourth-order valence-corrected chi connectivity index (χ4v) is 8.70. The van der Waals surface area contributed by atoms with Gasteiger partial charge in [-0.05, 0) is 83.9 Å². The Hall–Kier alpha value is -6.62. The molecule has 0 radical (unpaired) electrons. The maximum absolute atomic E-state index is 6.39. The lowest BCUT2D eigenvalue weighted by molar-refractivity contribution is 0.669. The number of hydrogen-bond acceptors (Lipinski definition) is 4. The van der Waals surface area contributed by atoms with Gasteiger partial charge in [0.25, 0.3) is 0 Å². The van der Waals surface area contributed by atoms with Crippen molar-refractivity contribution in [2.45, 2.75) is 0 Å². The van der Waals surface area contributed by atoms with Gasteiger partial charge in [0.15, 0.2) is 0 Å². The molecule has 2 heterocycles. The van der Waals surface area contributed by atoms with E-state index in [-0.39, 0.29) is 0 Å². The van der Waals surface area contributed by atoms with Gasteiger partial charge in [0, 0.05) is 55.1 Å². The second kappa shape index (κ2) is 12.6. The molecule has 0 amide bonds. The van der Waals surface area contributed by atoms with Crippen molar-refractivity contribution in [2.24, 2.45) is 0 Å². The van der Waals surface area contributed by atoms with Crippen LogP contribution in [-0.4, -0.2) is 0 Å². The molecule has 0 unspecified atom stereocenters. The van der Waals surface area contributed by atoms with E-state index < -0.39 is 0 Å². The molecule has 0 saturated carbocycles. The molecule has 0 atom stereocenters. The minimum Gasteiger partial charge on any atom is -0.456 e. The molecule has 8 aromatic carbocycles. The Kier molecular flexibility index (Phi) is 7.33. The number of anilines is 6. The van der Waals surface area contributed by atoms with Crippen molar-refractivity contribution in [2.75, 3.05) is 9.80 Å². The van der Waals surface area contributed by atoms with Crippen LogP contribution >= 0.6 is 11.3 Å². The van der Waals surface area contributed by atoms with Crippen LogP contribution in [0.15, 0.2) is 199 Å². The maximum Gasteiger partial charge on any atom is 0.137 e. The Morgan fingerprint density at radius 3 is 1.65 bits per heavy atom. The predicted molar refractivity (Wildman–Crippen MR) is 221 cm³/mol. The minimum absolute atomic E-state index is 0.876. The van der Waals surface area contributed by atoms with E-state index in [0.717, 1.165) is 56.1 Å². The van der Waals surface area contributed by atoms with E-state index in [0.29, 0.717) is 0 Å². The lowest BCUT2D eigenvalue weighted by Crippen LogP contribution is -2.10. The average Bonchev–Trinajstić information content (AvgIpc) is 3.79. The van der Waals surface area contributed by atoms with Crippen molar-refractivity contribution in [3.8, 4) is 11.1 Å². The Labute approximate surface area is 305 Å². The summed E-state index contributed by atoms with van der Waals surface area (Å²) in [5, 5.41) is 4.70. The maximum atomic E-state index is 6.39. The second-order valence-corrected chi connectivity index (χ2v) is 14.0. The summed E-state index contributed by atoms with van der Waals surface area (Å²) in [6, 6.07) is 69.0. The molecular formula is C48H32N2OS. The number of benzene rings is 8. The Balaban J connectivity index is 1.17. The second-order valence-electron chi connectivity index (χ2n) is 12.9. The third-order valence-corrected chi connectivity index (χ3v) is 11.0. The third-order valence-electron chi connectivity index (χ3n) is 9.84. The van der Waals surface area contributed by atoms with Crippen LogP contribution in [-0.2, 0) is 0 Å². The molecule has 4 heteroatoms. The van der Waals surface area contributed by atoms with Crippen LogP contribution in [0.4, 0.5) is 34.1 Å².